The summed E-state index contributed by atoms with van der Waals surface area (Å²) in [6, 6.07) is 21.8. The second-order valence-electron chi connectivity index (χ2n) is 6.17. The van der Waals surface area contributed by atoms with Crippen LogP contribution in [0.2, 0.25) is 0 Å². The number of benzene rings is 3. The van der Waals surface area contributed by atoms with E-state index in [1.807, 2.05) is 65.6 Å². The molecular weight excluding hydrogens is 296 g/mol. The molecule has 1 amide bonds. The Morgan fingerprint density at radius 3 is 2.50 bits per heavy atom. The maximum Gasteiger partial charge on any atom is 0.258 e. The molecule has 0 aromatic heterocycles. The predicted molar refractivity (Wildman–Crippen MR) is 98.0 cm³/mol. The first-order valence-corrected chi connectivity index (χ1v) is 8.00. The second kappa shape index (κ2) is 5.53. The highest BCUT2D eigenvalue weighted by molar-refractivity contribution is 6.10. The number of rotatable bonds is 2. The number of carbonyl (C=O) groups excluding carboxylic acids is 1. The molecule has 0 atom stereocenters. The van der Waals surface area contributed by atoms with Crippen molar-refractivity contribution in [2.24, 2.45) is 0 Å². The summed E-state index contributed by atoms with van der Waals surface area (Å²) in [6.45, 7) is 2.68. The van der Waals surface area contributed by atoms with E-state index in [1.165, 1.54) is 5.56 Å². The molecule has 0 spiro atoms. The molecule has 0 unspecified atom stereocenters. The lowest BCUT2D eigenvalue weighted by Gasteiger charge is -2.15. The Bertz CT molecular complexity index is 932. The fourth-order valence-corrected chi connectivity index (χ4v) is 3.26. The van der Waals surface area contributed by atoms with Gasteiger partial charge in [0.2, 0.25) is 0 Å². The van der Waals surface area contributed by atoms with Crippen molar-refractivity contribution in [2.45, 2.75) is 13.5 Å². The van der Waals surface area contributed by atoms with Crippen LogP contribution in [0.4, 0.5) is 11.4 Å². The Morgan fingerprint density at radius 2 is 1.71 bits per heavy atom. The summed E-state index contributed by atoms with van der Waals surface area (Å²) in [5, 5.41) is 0. The summed E-state index contributed by atoms with van der Waals surface area (Å²) in [5.41, 5.74) is 12.8. The van der Waals surface area contributed by atoms with E-state index in [4.69, 9.17) is 5.73 Å². The van der Waals surface area contributed by atoms with Gasteiger partial charge in [0.25, 0.3) is 5.91 Å². The Morgan fingerprint density at radius 1 is 0.917 bits per heavy atom. The lowest BCUT2D eigenvalue weighted by Crippen LogP contribution is -2.22. The highest BCUT2D eigenvalue weighted by Crippen LogP contribution is 2.33. The average molecular weight is 314 g/mol. The van der Waals surface area contributed by atoms with Gasteiger partial charge in [-0.1, -0.05) is 30.3 Å². The number of hydrogen-bond donors (Lipinski definition) is 1. The van der Waals surface area contributed by atoms with Crippen molar-refractivity contribution in [1.29, 1.82) is 0 Å². The fourth-order valence-electron chi connectivity index (χ4n) is 3.26. The van der Waals surface area contributed by atoms with Gasteiger partial charge in [-0.15, -0.1) is 0 Å². The molecule has 0 aliphatic carbocycles. The molecule has 0 saturated heterocycles. The van der Waals surface area contributed by atoms with Crippen molar-refractivity contribution in [1.82, 2.24) is 0 Å². The predicted octanol–water partition coefficient (Wildman–Crippen LogP) is 4.40. The molecule has 0 radical (unpaired) electrons. The number of anilines is 2. The Hall–Kier alpha value is -3.07. The van der Waals surface area contributed by atoms with Gasteiger partial charge in [-0.2, -0.15) is 0 Å². The number of nitrogens with two attached hydrogens (primary N) is 1. The number of aryl methyl sites for hydroxylation is 1. The minimum atomic E-state index is 0.0621. The maximum absolute atomic E-state index is 12.7. The molecule has 3 aromatic carbocycles. The fraction of sp³-hybridized carbons (Fsp3) is 0.0952. The number of nitrogen functional groups attached to an aromatic ring is 1. The van der Waals surface area contributed by atoms with Crippen molar-refractivity contribution in [3.8, 4) is 11.1 Å². The van der Waals surface area contributed by atoms with Crippen LogP contribution in [0.1, 0.15) is 21.5 Å². The molecule has 24 heavy (non-hydrogen) atoms. The smallest absolute Gasteiger partial charge is 0.258 e. The van der Waals surface area contributed by atoms with Crippen LogP contribution >= 0.6 is 0 Å². The zero-order chi connectivity index (χ0) is 16.7. The van der Waals surface area contributed by atoms with Gasteiger partial charge in [0, 0.05) is 16.9 Å². The number of hydrogen-bond acceptors (Lipinski definition) is 2. The maximum atomic E-state index is 12.7. The van der Waals surface area contributed by atoms with Crippen LogP contribution in [0.5, 0.6) is 0 Å². The van der Waals surface area contributed by atoms with E-state index in [0.717, 1.165) is 33.6 Å². The molecule has 0 fully saturated rings. The third-order valence-corrected chi connectivity index (χ3v) is 4.55. The van der Waals surface area contributed by atoms with Crippen molar-refractivity contribution < 1.29 is 4.79 Å². The molecular formula is C21H18N2O. The van der Waals surface area contributed by atoms with Crippen LogP contribution < -0.4 is 10.6 Å². The lowest BCUT2D eigenvalue weighted by molar-refractivity contribution is 0.0996. The van der Waals surface area contributed by atoms with Crippen LogP contribution in [0.15, 0.2) is 66.7 Å². The van der Waals surface area contributed by atoms with Gasteiger partial charge in [-0.25, -0.2) is 0 Å². The number of amides is 1. The standard InChI is InChI=1S/C21H18N2O/c1-14-7-9-17(22)12-20(14)15-8-10-19-16(11-15)13-23(21(19)24)18-5-3-2-4-6-18/h2-12H,13,22H2,1H3. The average Bonchev–Trinajstić information content (AvgIpc) is 2.94. The summed E-state index contributed by atoms with van der Waals surface area (Å²) in [5.74, 6) is 0.0621. The Labute approximate surface area is 141 Å². The third kappa shape index (κ3) is 2.35. The SMILES string of the molecule is Cc1ccc(N)cc1-c1ccc2c(c1)CN(c1ccccc1)C2=O. The van der Waals surface area contributed by atoms with Crippen LogP contribution in [0, 0.1) is 6.92 Å². The van der Waals surface area contributed by atoms with Crippen molar-refractivity contribution >= 4 is 17.3 Å². The topological polar surface area (TPSA) is 46.3 Å². The summed E-state index contributed by atoms with van der Waals surface area (Å²) in [6.07, 6.45) is 0. The Kier molecular flexibility index (Phi) is 3.35. The number of fused-ring (bicyclic) bond motifs is 1. The summed E-state index contributed by atoms with van der Waals surface area (Å²) in [7, 11) is 0. The van der Waals surface area contributed by atoms with E-state index in [1.54, 1.807) is 0 Å². The molecule has 0 saturated carbocycles. The molecule has 3 heteroatoms. The minimum Gasteiger partial charge on any atom is -0.399 e. The van der Waals surface area contributed by atoms with Crippen LogP contribution in [-0.2, 0) is 6.54 Å². The zero-order valence-electron chi connectivity index (χ0n) is 13.5. The van der Waals surface area contributed by atoms with E-state index in [-0.39, 0.29) is 5.91 Å². The van der Waals surface area contributed by atoms with E-state index >= 15 is 0 Å². The van der Waals surface area contributed by atoms with Gasteiger partial charge in [-0.3, -0.25) is 4.79 Å². The first-order valence-electron chi connectivity index (χ1n) is 8.00. The first-order chi connectivity index (χ1) is 11.6. The molecule has 118 valence electrons. The summed E-state index contributed by atoms with van der Waals surface area (Å²) >= 11 is 0. The van der Waals surface area contributed by atoms with Gasteiger partial charge < -0.3 is 10.6 Å². The molecule has 1 aliphatic heterocycles. The number of nitrogens with zero attached hydrogens (tertiary/aromatic N) is 1. The quantitative estimate of drug-likeness (QED) is 0.712. The van der Waals surface area contributed by atoms with Crippen LogP contribution in [0.3, 0.4) is 0 Å². The molecule has 1 aliphatic rings. The molecule has 1 heterocycles. The van der Waals surface area contributed by atoms with Crippen molar-refractivity contribution in [3.05, 3.63) is 83.4 Å². The molecule has 0 bridgehead atoms. The second-order valence-corrected chi connectivity index (χ2v) is 6.17. The van der Waals surface area contributed by atoms with E-state index in [9.17, 15) is 4.79 Å². The van der Waals surface area contributed by atoms with Crippen LogP contribution in [-0.4, -0.2) is 5.91 Å². The van der Waals surface area contributed by atoms with Gasteiger partial charge >= 0.3 is 0 Å². The van der Waals surface area contributed by atoms with Gasteiger partial charge in [0.15, 0.2) is 0 Å². The van der Waals surface area contributed by atoms with Gasteiger partial charge in [0.05, 0.1) is 6.54 Å². The zero-order valence-corrected chi connectivity index (χ0v) is 13.5. The van der Waals surface area contributed by atoms with Crippen molar-refractivity contribution in [3.63, 3.8) is 0 Å². The summed E-state index contributed by atoms with van der Waals surface area (Å²) < 4.78 is 0. The lowest BCUT2D eigenvalue weighted by atomic mass is 9.97. The molecule has 3 aromatic rings. The van der Waals surface area contributed by atoms with Gasteiger partial charge in [-0.05, 0) is 65.6 Å². The highest BCUT2D eigenvalue weighted by Gasteiger charge is 2.28. The first kappa shape index (κ1) is 14.5. The Balaban J connectivity index is 1.74. The largest absolute Gasteiger partial charge is 0.399 e. The molecule has 4 rings (SSSR count). The third-order valence-electron chi connectivity index (χ3n) is 4.55. The monoisotopic (exact) mass is 314 g/mol. The minimum absolute atomic E-state index is 0.0621. The van der Waals surface area contributed by atoms with E-state index in [2.05, 4.69) is 13.0 Å². The number of para-hydroxylation sites is 1. The normalized spacial score (nSPS) is 13.2. The van der Waals surface area contributed by atoms with E-state index in [0.29, 0.717) is 6.54 Å². The van der Waals surface area contributed by atoms with Crippen molar-refractivity contribution in [2.75, 3.05) is 10.6 Å². The van der Waals surface area contributed by atoms with Gasteiger partial charge in [0.1, 0.15) is 0 Å². The summed E-state index contributed by atoms with van der Waals surface area (Å²) in [4.78, 5) is 14.5. The molecule has 2 N–H and O–H groups in total. The van der Waals surface area contributed by atoms with E-state index < -0.39 is 0 Å². The highest BCUT2D eigenvalue weighted by atomic mass is 16.2. The molecule has 3 nitrogen and oxygen atoms in total. The van der Waals surface area contributed by atoms with Crippen LogP contribution in [0.25, 0.3) is 11.1 Å². The number of carbonyl (C=O) groups is 1.